The summed E-state index contributed by atoms with van der Waals surface area (Å²) >= 11 is 0. The highest BCUT2D eigenvalue weighted by molar-refractivity contribution is 5.61. The van der Waals surface area contributed by atoms with E-state index in [1.54, 1.807) is 6.07 Å². The standard InChI is InChI=1S/C17H22N4.C13H16N4/c18-14-6-7-17(19)13(10-14)12-20-15-4-3-5-16(11-15)21-8-1-2-9-21;14-10-1-4-12(5-2-10)17-8-9-7-11(15)3-6-13(9)16/h3-7,10-11,20H,1-2,8-9,12,18-19H2;1-7,17H,8,14-16H2. The lowest BCUT2D eigenvalue weighted by atomic mass is 10.1. The molecule has 198 valence electrons. The molecular weight excluding hydrogens is 472 g/mol. The Balaban J connectivity index is 0.000000181. The first-order chi connectivity index (χ1) is 18.4. The molecule has 12 N–H and O–H groups in total. The minimum atomic E-state index is 0.640. The van der Waals surface area contributed by atoms with E-state index in [1.807, 2.05) is 54.6 Å². The van der Waals surface area contributed by atoms with Crippen LogP contribution in [0, 0.1) is 0 Å². The molecule has 8 heteroatoms. The van der Waals surface area contributed by atoms with Gasteiger partial charge in [0.1, 0.15) is 0 Å². The van der Waals surface area contributed by atoms with E-state index < -0.39 is 0 Å². The molecule has 4 aromatic carbocycles. The van der Waals surface area contributed by atoms with Crippen molar-refractivity contribution in [2.45, 2.75) is 25.9 Å². The van der Waals surface area contributed by atoms with Gasteiger partial charge < -0.3 is 44.2 Å². The Bertz CT molecular complexity index is 1330. The fraction of sp³-hybridized carbons (Fsp3) is 0.200. The largest absolute Gasteiger partial charge is 0.399 e. The molecule has 0 atom stereocenters. The van der Waals surface area contributed by atoms with Crippen LogP contribution in [-0.2, 0) is 13.1 Å². The van der Waals surface area contributed by atoms with Crippen LogP contribution >= 0.6 is 0 Å². The third kappa shape index (κ3) is 7.39. The zero-order chi connectivity index (χ0) is 26.9. The molecule has 1 fully saturated rings. The third-order valence-electron chi connectivity index (χ3n) is 6.53. The number of nitrogens with one attached hydrogen (secondary N) is 2. The number of hydrogen-bond donors (Lipinski definition) is 7. The van der Waals surface area contributed by atoms with Gasteiger partial charge in [-0.1, -0.05) is 6.07 Å². The second kappa shape index (κ2) is 12.5. The summed E-state index contributed by atoms with van der Waals surface area (Å²) in [5, 5.41) is 6.70. The van der Waals surface area contributed by atoms with Gasteiger partial charge in [-0.15, -0.1) is 0 Å². The van der Waals surface area contributed by atoms with Gasteiger partial charge in [0.15, 0.2) is 0 Å². The topological polar surface area (TPSA) is 157 Å². The Kier molecular flexibility index (Phi) is 8.66. The highest BCUT2D eigenvalue weighted by atomic mass is 15.1. The Hall–Kier alpha value is -4.72. The molecule has 0 amide bonds. The lowest BCUT2D eigenvalue weighted by Crippen LogP contribution is -2.17. The molecule has 0 unspecified atom stereocenters. The second-order valence-corrected chi connectivity index (χ2v) is 9.49. The van der Waals surface area contributed by atoms with Crippen molar-refractivity contribution in [2.24, 2.45) is 0 Å². The number of nitrogens with two attached hydrogens (primary N) is 5. The first kappa shape index (κ1) is 26.3. The van der Waals surface area contributed by atoms with Crippen molar-refractivity contribution in [1.82, 2.24) is 0 Å². The summed E-state index contributed by atoms with van der Waals surface area (Å²) in [4.78, 5) is 2.43. The number of nitrogens with zero attached hydrogens (tertiary/aromatic N) is 1. The van der Waals surface area contributed by atoms with Crippen LogP contribution in [0.5, 0.6) is 0 Å². The normalized spacial score (nSPS) is 12.5. The minimum absolute atomic E-state index is 0.640. The molecule has 0 radical (unpaired) electrons. The van der Waals surface area contributed by atoms with Crippen molar-refractivity contribution >= 4 is 45.5 Å². The average molecular weight is 511 g/mol. The zero-order valence-electron chi connectivity index (χ0n) is 21.7. The molecule has 0 aromatic heterocycles. The molecule has 0 bridgehead atoms. The van der Waals surface area contributed by atoms with Crippen molar-refractivity contribution in [1.29, 1.82) is 0 Å². The van der Waals surface area contributed by atoms with Crippen LogP contribution < -0.4 is 44.2 Å². The highest BCUT2D eigenvalue weighted by Crippen LogP contribution is 2.24. The molecule has 0 spiro atoms. The minimum Gasteiger partial charge on any atom is -0.399 e. The maximum atomic E-state index is 5.98. The third-order valence-corrected chi connectivity index (χ3v) is 6.53. The van der Waals surface area contributed by atoms with E-state index in [9.17, 15) is 0 Å². The molecule has 1 heterocycles. The summed E-state index contributed by atoms with van der Waals surface area (Å²) in [6, 6.07) is 27.2. The molecule has 38 heavy (non-hydrogen) atoms. The van der Waals surface area contributed by atoms with Crippen LogP contribution in [-0.4, -0.2) is 13.1 Å². The fourth-order valence-electron chi connectivity index (χ4n) is 4.34. The van der Waals surface area contributed by atoms with Gasteiger partial charge >= 0.3 is 0 Å². The molecule has 1 saturated heterocycles. The SMILES string of the molecule is Nc1ccc(N)c(CNc2cccc(N3CCCC3)c2)c1.Nc1ccc(NCc2cc(N)ccc2N)cc1. The van der Waals surface area contributed by atoms with Crippen molar-refractivity contribution in [2.75, 3.05) is 57.3 Å². The van der Waals surface area contributed by atoms with Crippen molar-refractivity contribution < 1.29 is 0 Å². The van der Waals surface area contributed by atoms with E-state index in [1.165, 1.54) is 18.5 Å². The quantitative estimate of drug-likeness (QED) is 0.169. The van der Waals surface area contributed by atoms with Gasteiger partial charge in [0.2, 0.25) is 0 Å². The predicted molar refractivity (Wildman–Crippen MR) is 164 cm³/mol. The summed E-state index contributed by atoms with van der Waals surface area (Å²) in [6.07, 6.45) is 2.58. The van der Waals surface area contributed by atoms with E-state index >= 15 is 0 Å². The summed E-state index contributed by atoms with van der Waals surface area (Å²) in [6.45, 7) is 3.64. The predicted octanol–water partition coefficient (Wildman–Crippen LogP) is 5.11. The summed E-state index contributed by atoms with van der Waals surface area (Å²) in [5.41, 5.74) is 38.1. The zero-order valence-corrected chi connectivity index (χ0v) is 21.7. The Morgan fingerprint density at radius 3 is 1.66 bits per heavy atom. The van der Waals surface area contributed by atoms with Crippen molar-refractivity contribution in [3.8, 4) is 0 Å². The summed E-state index contributed by atoms with van der Waals surface area (Å²) in [5.74, 6) is 0. The van der Waals surface area contributed by atoms with Crippen LogP contribution in [0.1, 0.15) is 24.0 Å². The average Bonchev–Trinajstić information content (AvgIpc) is 3.47. The van der Waals surface area contributed by atoms with Crippen molar-refractivity contribution in [3.63, 3.8) is 0 Å². The van der Waals surface area contributed by atoms with Gasteiger partial charge in [-0.3, -0.25) is 0 Å². The molecule has 1 aliphatic rings. The number of anilines is 8. The van der Waals surface area contributed by atoms with Gasteiger partial charge in [0.05, 0.1) is 0 Å². The van der Waals surface area contributed by atoms with Gasteiger partial charge in [-0.25, -0.2) is 0 Å². The van der Waals surface area contributed by atoms with E-state index in [4.69, 9.17) is 28.7 Å². The summed E-state index contributed by atoms with van der Waals surface area (Å²) in [7, 11) is 0. The van der Waals surface area contributed by atoms with Crippen LogP contribution in [0.25, 0.3) is 0 Å². The molecule has 5 rings (SSSR count). The molecular formula is C30H38N8. The molecule has 1 aliphatic heterocycles. The van der Waals surface area contributed by atoms with Crippen LogP contribution in [0.4, 0.5) is 45.5 Å². The molecule has 0 saturated carbocycles. The highest BCUT2D eigenvalue weighted by Gasteiger charge is 2.12. The molecule has 8 nitrogen and oxygen atoms in total. The van der Waals surface area contributed by atoms with E-state index in [-0.39, 0.29) is 0 Å². The Labute approximate surface area is 224 Å². The first-order valence-corrected chi connectivity index (χ1v) is 12.8. The van der Waals surface area contributed by atoms with Gasteiger partial charge in [0, 0.05) is 71.7 Å². The van der Waals surface area contributed by atoms with Gasteiger partial charge in [-0.2, -0.15) is 0 Å². The smallest absolute Gasteiger partial charge is 0.0421 e. The van der Waals surface area contributed by atoms with Crippen LogP contribution in [0.15, 0.2) is 84.9 Å². The lowest BCUT2D eigenvalue weighted by molar-refractivity contribution is 0.949. The van der Waals surface area contributed by atoms with Gasteiger partial charge in [-0.05, 0) is 103 Å². The second-order valence-electron chi connectivity index (χ2n) is 9.49. The van der Waals surface area contributed by atoms with Crippen LogP contribution in [0.3, 0.4) is 0 Å². The monoisotopic (exact) mass is 510 g/mol. The maximum absolute atomic E-state index is 5.98. The number of nitrogen functional groups attached to an aromatic ring is 5. The summed E-state index contributed by atoms with van der Waals surface area (Å²) < 4.78 is 0. The van der Waals surface area contributed by atoms with Crippen molar-refractivity contribution in [3.05, 3.63) is 96.1 Å². The van der Waals surface area contributed by atoms with E-state index in [0.717, 1.165) is 58.3 Å². The number of benzene rings is 4. The number of hydrogen-bond acceptors (Lipinski definition) is 8. The lowest BCUT2D eigenvalue weighted by Gasteiger charge is -2.19. The molecule has 4 aromatic rings. The molecule has 0 aliphatic carbocycles. The van der Waals surface area contributed by atoms with Crippen LogP contribution in [0.2, 0.25) is 0 Å². The number of rotatable bonds is 7. The Morgan fingerprint density at radius 2 is 1.08 bits per heavy atom. The Morgan fingerprint density at radius 1 is 0.553 bits per heavy atom. The first-order valence-electron chi connectivity index (χ1n) is 12.8. The maximum Gasteiger partial charge on any atom is 0.0421 e. The van der Waals surface area contributed by atoms with E-state index in [0.29, 0.717) is 18.8 Å². The van der Waals surface area contributed by atoms with Gasteiger partial charge in [0.25, 0.3) is 0 Å². The fourth-order valence-corrected chi connectivity index (χ4v) is 4.34. The van der Waals surface area contributed by atoms with E-state index in [2.05, 4.69) is 39.8 Å².